The third-order valence-electron chi connectivity index (χ3n) is 5.15. The van der Waals surface area contributed by atoms with Crippen LogP contribution >= 0.6 is 23.2 Å². The van der Waals surface area contributed by atoms with Gasteiger partial charge in [-0.1, -0.05) is 47.4 Å². The van der Waals surface area contributed by atoms with E-state index in [1.807, 2.05) is 0 Å². The van der Waals surface area contributed by atoms with Crippen molar-refractivity contribution in [1.82, 2.24) is 19.9 Å². The summed E-state index contributed by atoms with van der Waals surface area (Å²) >= 11 is 12.0. The molecule has 0 saturated heterocycles. The van der Waals surface area contributed by atoms with Crippen molar-refractivity contribution < 1.29 is 18.4 Å². The lowest BCUT2D eigenvalue weighted by Crippen LogP contribution is -2.38. The summed E-state index contributed by atoms with van der Waals surface area (Å²) in [5.41, 5.74) is -0.836. The van der Waals surface area contributed by atoms with Crippen LogP contribution in [0.15, 0.2) is 59.6 Å². The van der Waals surface area contributed by atoms with Crippen molar-refractivity contribution in [3.8, 4) is 11.3 Å². The smallest absolute Gasteiger partial charge is 0.143 e. The van der Waals surface area contributed by atoms with Crippen molar-refractivity contribution in [3.63, 3.8) is 0 Å². The lowest BCUT2D eigenvalue weighted by atomic mass is 9.80. The molecule has 4 rings (SSSR count). The van der Waals surface area contributed by atoms with Crippen LogP contribution in [0.5, 0.6) is 0 Å². The van der Waals surface area contributed by atoms with Gasteiger partial charge in [0.1, 0.15) is 41.3 Å². The molecule has 31 heavy (non-hydrogen) atoms. The van der Waals surface area contributed by atoms with Gasteiger partial charge >= 0.3 is 0 Å². The fraction of sp³-hybridized carbons (Fsp3) is 0.190. The average Bonchev–Trinajstić information content (AvgIpc) is 3.41. The summed E-state index contributed by atoms with van der Waals surface area (Å²) in [5, 5.41) is 20.4. The van der Waals surface area contributed by atoms with Crippen LogP contribution in [0.4, 0.5) is 8.78 Å². The Hall–Kier alpha value is -2.81. The molecular formula is C21H16Cl2F2N4O2. The van der Waals surface area contributed by atoms with E-state index in [-0.39, 0.29) is 17.9 Å². The molecule has 2 atom stereocenters. The van der Waals surface area contributed by atoms with E-state index >= 15 is 0 Å². The van der Waals surface area contributed by atoms with Crippen LogP contribution in [-0.2, 0) is 12.1 Å². The van der Waals surface area contributed by atoms with Gasteiger partial charge < -0.3 is 9.63 Å². The fourth-order valence-electron chi connectivity index (χ4n) is 3.38. The molecule has 0 fully saturated rings. The second-order valence-corrected chi connectivity index (χ2v) is 7.92. The van der Waals surface area contributed by atoms with Crippen LogP contribution in [0, 0.1) is 11.6 Å². The highest BCUT2D eigenvalue weighted by Gasteiger charge is 2.42. The minimum Gasteiger partial charge on any atom is -0.382 e. The second kappa shape index (κ2) is 8.37. The Morgan fingerprint density at radius 2 is 1.94 bits per heavy atom. The molecule has 6 nitrogen and oxygen atoms in total. The first-order chi connectivity index (χ1) is 14.8. The van der Waals surface area contributed by atoms with E-state index in [0.717, 1.165) is 12.1 Å². The first-order valence-electron chi connectivity index (χ1n) is 9.20. The molecule has 0 unspecified atom stereocenters. The van der Waals surface area contributed by atoms with Crippen molar-refractivity contribution in [2.45, 2.75) is 25.0 Å². The molecule has 1 N–H and O–H groups in total. The SMILES string of the molecule is C[C@@H](c1cc(-c2ccc(Cl)c(Cl)c2)no1)[C@](O)(Cn1cncn1)c1ccc(F)cc1F. The maximum absolute atomic E-state index is 14.7. The Bertz CT molecular complexity index is 1220. The predicted octanol–water partition coefficient (Wildman–Crippen LogP) is 5.21. The van der Waals surface area contributed by atoms with Crippen molar-refractivity contribution in [3.05, 3.63) is 88.1 Å². The van der Waals surface area contributed by atoms with E-state index in [9.17, 15) is 13.9 Å². The number of aromatic nitrogens is 4. The molecule has 0 saturated carbocycles. The van der Waals surface area contributed by atoms with Crippen LogP contribution in [0.1, 0.15) is 24.2 Å². The Labute approximate surface area is 186 Å². The zero-order valence-corrected chi connectivity index (χ0v) is 17.6. The van der Waals surface area contributed by atoms with E-state index in [4.69, 9.17) is 27.7 Å². The van der Waals surface area contributed by atoms with Crippen molar-refractivity contribution in [2.24, 2.45) is 0 Å². The summed E-state index contributed by atoms with van der Waals surface area (Å²) in [7, 11) is 0. The third kappa shape index (κ3) is 4.19. The number of nitrogens with zero attached hydrogens (tertiary/aromatic N) is 4. The largest absolute Gasteiger partial charge is 0.382 e. The van der Waals surface area contributed by atoms with Crippen LogP contribution in [0.3, 0.4) is 0 Å². The second-order valence-electron chi connectivity index (χ2n) is 7.11. The number of hydrogen-bond acceptors (Lipinski definition) is 5. The minimum absolute atomic E-state index is 0.107. The molecule has 0 spiro atoms. The number of halogens is 4. The Balaban J connectivity index is 1.75. The van der Waals surface area contributed by atoms with E-state index in [1.165, 1.54) is 23.4 Å². The van der Waals surface area contributed by atoms with Gasteiger partial charge in [0.15, 0.2) is 0 Å². The number of rotatable bonds is 6. The number of aliphatic hydroxyl groups is 1. The Morgan fingerprint density at radius 1 is 1.13 bits per heavy atom. The van der Waals surface area contributed by atoms with Gasteiger partial charge in [-0.15, -0.1) is 0 Å². The molecule has 0 bridgehead atoms. The maximum Gasteiger partial charge on any atom is 0.143 e. The molecule has 160 valence electrons. The molecule has 0 aliphatic rings. The lowest BCUT2D eigenvalue weighted by molar-refractivity contribution is -0.0181. The zero-order valence-electron chi connectivity index (χ0n) is 16.1. The first kappa shape index (κ1) is 21.4. The monoisotopic (exact) mass is 464 g/mol. The number of hydrogen-bond donors (Lipinski definition) is 1. The molecule has 0 aliphatic heterocycles. The van der Waals surface area contributed by atoms with Gasteiger partial charge in [-0.2, -0.15) is 5.10 Å². The molecule has 2 aromatic heterocycles. The fourth-order valence-corrected chi connectivity index (χ4v) is 3.68. The highest BCUT2D eigenvalue weighted by Crippen LogP contribution is 2.41. The van der Waals surface area contributed by atoms with Crippen molar-refractivity contribution in [1.29, 1.82) is 0 Å². The van der Waals surface area contributed by atoms with Gasteiger partial charge in [0.2, 0.25) is 0 Å². The summed E-state index contributed by atoms with van der Waals surface area (Å²) < 4.78 is 35.0. The maximum atomic E-state index is 14.7. The summed E-state index contributed by atoms with van der Waals surface area (Å²) in [5.74, 6) is -2.15. The molecule has 2 aromatic carbocycles. The molecular weight excluding hydrogens is 449 g/mol. The van der Waals surface area contributed by atoms with Gasteiger partial charge in [0.05, 0.1) is 22.5 Å². The topological polar surface area (TPSA) is 77.0 Å². The van der Waals surface area contributed by atoms with Crippen LogP contribution in [0.25, 0.3) is 11.3 Å². The van der Waals surface area contributed by atoms with Gasteiger partial charge in [-0.05, 0) is 18.2 Å². The molecule has 4 aromatic rings. The summed E-state index contributed by atoms with van der Waals surface area (Å²) in [4.78, 5) is 3.86. The van der Waals surface area contributed by atoms with Crippen molar-refractivity contribution in [2.75, 3.05) is 0 Å². The minimum atomic E-state index is -1.85. The Kier molecular flexibility index (Phi) is 5.79. The molecule has 0 radical (unpaired) electrons. The zero-order chi connectivity index (χ0) is 22.2. The highest BCUT2D eigenvalue weighted by atomic mass is 35.5. The lowest BCUT2D eigenvalue weighted by Gasteiger charge is -2.33. The van der Waals surface area contributed by atoms with E-state index in [1.54, 1.807) is 31.2 Å². The summed E-state index contributed by atoms with van der Waals surface area (Å²) in [6.07, 6.45) is 2.68. The van der Waals surface area contributed by atoms with Gasteiger partial charge in [-0.25, -0.2) is 18.4 Å². The van der Waals surface area contributed by atoms with Gasteiger partial charge in [0, 0.05) is 23.3 Å². The summed E-state index contributed by atoms with van der Waals surface area (Å²) in [6.45, 7) is 1.50. The molecule has 0 amide bonds. The predicted molar refractivity (Wildman–Crippen MR) is 111 cm³/mol. The van der Waals surface area contributed by atoms with E-state index in [0.29, 0.717) is 21.3 Å². The normalized spacial score (nSPS) is 14.4. The standard InChI is InChI=1S/C21H16Cl2F2N4O2/c1-12(20-8-19(28-31-20)13-2-5-16(22)17(23)6-13)21(30,9-29-11-26-10-27-29)15-4-3-14(24)7-18(15)25/h2-8,10-12,30H,9H2,1H3/t12-,21+/m0/s1. The number of benzene rings is 2. The third-order valence-corrected chi connectivity index (χ3v) is 5.89. The van der Waals surface area contributed by atoms with Crippen LogP contribution in [-0.4, -0.2) is 25.0 Å². The van der Waals surface area contributed by atoms with Crippen LogP contribution in [0.2, 0.25) is 10.0 Å². The molecule has 2 heterocycles. The molecule has 10 heteroatoms. The van der Waals surface area contributed by atoms with Gasteiger partial charge in [0.25, 0.3) is 0 Å². The van der Waals surface area contributed by atoms with Crippen LogP contribution < -0.4 is 0 Å². The van der Waals surface area contributed by atoms with Crippen molar-refractivity contribution >= 4 is 23.2 Å². The van der Waals surface area contributed by atoms with E-state index in [2.05, 4.69) is 15.2 Å². The van der Waals surface area contributed by atoms with Gasteiger partial charge in [-0.3, -0.25) is 0 Å². The molecule has 0 aliphatic carbocycles. The average molecular weight is 465 g/mol. The highest BCUT2D eigenvalue weighted by molar-refractivity contribution is 6.42. The quantitative estimate of drug-likeness (QED) is 0.423. The summed E-state index contributed by atoms with van der Waals surface area (Å²) in [6, 6.07) is 9.62. The van der Waals surface area contributed by atoms with E-state index < -0.39 is 23.2 Å². The first-order valence-corrected chi connectivity index (χ1v) is 9.96. The Morgan fingerprint density at radius 3 is 2.61 bits per heavy atom.